The number of rotatable bonds is 3. The van der Waals surface area contributed by atoms with E-state index in [1.54, 1.807) is 6.20 Å². The summed E-state index contributed by atoms with van der Waals surface area (Å²) >= 11 is 0. The molecule has 2 atom stereocenters. The monoisotopic (exact) mass is 234 g/mol. The molecule has 1 saturated carbocycles. The second-order valence-electron chi connectivity index (χ2n) is 4.79. The van der Waals surface area contributed by atoms with Gasteiger partial charge in [0.1, 0.15) is 0 Å². The molecule has 17 heavy (non-hydrogen) atoms. The first kappa shape index (κ1) is 11.9. The van der Waals surface area contributed by atoms with Crippen molar-refractivity contribution in [2.24, 2.45) is 5.92 Å². The van der Waals surface area contributed by atoms with Crippen LogP contribution < -0.4 is 5.32 Å². The third-order valence-corrected chi connectivity index (χ3v) is 3.27. The van der Waals surface area contributed by atoms with Gasteiger partial charge in [-0.05, 0) is 37.8 Å². The van der Waals surface area contributed by atoms with Gasteiger partial charge in [0.05, 0.1) is 11.6 Å². The molecule has 1 aliphatic carbocycles. The van der Waals surface area contributed by atoms with Crippen LogP contribution in [0.2, 0.25) is 0 Å². The SMILES string of the molecule is Cc1cncc(NC2CCCC(C(=O)O)C2)c1. The molecule has 0 aromatic carbocycles. The lowest BCUT2D eigenvalue weighted by atomic mass is 9.86. The molecule has 2 N–H and O–H groups in total. The first-order valence-electron chi connectivity index (χ1n) is 6.06. The minimum atomic E-state index is -0.668. The zero-order valence-corrected chi connectivity index (χ0v) is 10.0. The number of hydrogen-bond donors (Lipinski definition) is 2. The van der Waals surface area contributed by atoms with Crippen molar-refractivity contribution in [1.82, 2.24) is 4.98 Å². The Hall–Kier alpha value is -1.58. The number of hydrogen-bond acceptors (Lipinski definition) is 3. The van der Waals surface area contributed by atoms with E-state index in [0.29, 0.717) is 6.42 Å². The number of carbonyl (C=O) groups is 1. The molecule has 2 rings (SSSR count). The Morgan fingerprint density at radius 3 is 3.00 bits per heavy atom. The summed E-state index contributed by atoms with van der Waals surface area (Å²) in [4.78, 5) is 15.1. The largest absolute Gasteiger partial charge is 0.481 e. The van der Waals surface area contributed by atoms with Crippen molar-refractivity contribution >= 4 is 11.7 Å². The molecule has 1 aromatic rings. The van der Waals surface area contributed by atoms with E-state index in [-0.39, 0.29) is 12.0 Å². The first-order valence-corrected chi connectivity index (χ1v) is 6.06. The fraction of sp³-hybridized carbons (Fsp3) is 0.538. The van der Waals surface area contributed by atoms with Gasteiger partial charge in [0.2, 0.25) is 0 Å². The highest BCUT2D eigenvalue weighted by Gasteiger charge is 2.26. The van der Waals surface area contributed by atoms with Crippen LogP contribution in [0, 0.1) is 12.8 Å². The van der Waals surface area contributed by atoms with Gasteiger partial charge in [-0.2, -0.15) is 0 Å². The predicted molar refractivity (Wildman–Crippen MR) is 66.0 cm³/mol. The smallest absolute Gasteiger partial charge is 0.306 e. The van der Waals surface area contributed by atoms with E-state index in [0.717, 1.165) is 30.5 Å². The summed E-state index contributed by atoms with van der Waals surface area (Å²) in [5.74, 6) is -0.863. The molecule has 1 aromatic heterocycles. The van der Waals surface area contributed by atoms with Gasteiger partial charge in [-0.1, -0.05) is 6.42 Å². The number of aromatic nitrogens is 1. The molecule has 0 bridgehead atoms. The van der Waals surface area contributed by atoms with E-state index in [9.17, 15) is 4.79 Å². The number of nitrogens with zero attached hydrogens (tertiary/aromatic N) is 1. The molecule has 4 heteroatoms. The zero-order chi connectivity index (χ0) is 12.3. The lowest BCUT2D eigenvalue weighted by molar-refractivity contribution is -0.142. The van der Waals surface area contributed by atoms with E-state index in [4.69, 9.17) is 5.11 Å². The minimum absolute atomic E-state index is 0.195. The first-order chi connectivity index (χ1) is 8.15. The van der Waals surface area contributed by atoms with Crippen LogP contribution in [0.4, 0.5) is 5.69 Å². The van der Waals surface area contributed by atoms with Crippen LogP contribution in [0.15, 0.2) is 18.5 Å². The summed E-state index contributed by atoms with van der Waals surface area (Å²) in [5, 5.41) is 12.4. The van der Waals surface area contributed by atoms with Crippen LogP contribution in [-0.4, -0.2) is 22.1 Å². The Bertz CT molecular complexity index is 406. The van der Waals surface area contributed by atoms with Gasteiger partial charge in [-0.25, -0.2) is 0 Å². The molecular formula is C13H18N2O2. The highest BCUT2D eigenvalue weighted by Crippen LogP contribution is 2.26. The van der Waals surface area contributed by atoms with E-state index in [2.05, 4.69) is 10.3 Å². The predicted octanol–water partition coefficient (Wildman–Crippen LogP) is 2.45. The Morgan fingerprint density at radius 1 is 1.47 bits per heavy atom. The number of aryl methyl sites for hydroxylation is 1. The topological polar surface area (TPSA) is 62.2 Å². The molecule has 0 radical (unpaired) electrons. The van der Waals surface area contributed by atoms with E-state index < -0.39 is 5.97 Å². The molecule has 1 aliphatic rings. The third kappa shape index (κ3) is 3.19. The molecule has 0 aliphatic heterocycles. The summed E-state index contributed by atoms with van der Waals surface area (Å²) in [6, 6.07) is 2.30. The Morgan fingerprint density at radius 2 is 2.29 bits per heavy atom. The van der Waals surface area contributed by atoms with Gasteiger partial charge >= 0.3 is 5.97 Å². The van der Waals surface area contributed by atoms with Gasteiger partial charge in [0.15, 0.2) is 0 Å². The molecule has 0 saturated heterocycles. The van der Waals surface area contributed by atoms with Crippen LogP contribution in [0.25, 0.3) is 0 Å². The van der Waals surface area contributed by atoms with Crippen molar-refractivity contribution in [3.8, 4) is 0 Å². The molecule has 0 spiro atoms. The van der Waals surface area contributed by atoms with Crippen molar-refractivity contribution in [2.75, 3.05) is 5.32 Å². The standard InChI is InChI=1S/C13H18N2O2/c1-9-5-12(8-14-7-9)15-11-4-2-3-10(6-11)13(16)17/h5,7-8,10-11,15H,2-4,6H2,1H3,(H,16,17). The van der Waals surface area contributed by atoms with Gasteiger partial charge < -0.3 is 10.4 Å². The normalized spacial score (nSPS) is 24.3. The third-order valence-electron chi connectivity index (χ3n) is 3.27. The summed E-state index contributed by atoms with van der Waals surface area (Å²) < 4.78 is 0. The Labute approximate surface area is 101 Å². The van der Waals surface area contributed by atoms with Crippen molar-refractivity contribution in [3.05, 3.63) is 24.0 Å². The fourth-order valence-corrected chi connectivity index (χ4v) is 2.41. The molecule has 1 fully saturated rings. The molecule has 2 unspecified atom stereocenters. The van der Waals surface area contributed by atoms with Crippen molar-refractivity contribution in [3.63, 3.8) is 0 Å². The van der Waals surface area contributed by atoms with Crippen LogP contribution >= 0.6 is 0 Å². The number of nitrogens with one attached hydrogen (secondary N) is 1. The van der Waals surface area contributed by atoms with Crippen molar-refractivity contribution in [2.45, 2.75) is 38.6 Å². The van der Waals surface area contributed by atoms with Gasteiger partial charge in [0.25, 0.3) is 0 Å². The van der Waals surface area contributed by atoms with Crippen LogP contribution in [0.3, 0.4) is 0 Å². The second kappa shape index (κ2) is 5.17. The molecule has 4 nitrogen and oxygen atoms in total. The fourth-order valence-electron chi connectivity index (χ4n) is 2.41. The molecule has 0 amide bonds. The average Bonchev–Trinajstić information content (AvgIpc) is 2.29. The number of carboxylic acids is 1. The summed E-state index contributed by atoms with van der Waals surface area (Å²) in [6.07, 6.45) is 7.14. The number of carboxylic acid groups (broad SMARTS) is 1. The number of pyridine rings is 1. The second-order valence-corrected chi connectivity index (χ2v) is 4.79. The van der Waals surface area contributed by atoms with E-state index in [1.165, 1.54) is 0 Å². The minimum Gasteiger partial charge on any atom is -0.481 e. The zero-order valence-electron chi connectivity index (χ0n) is 10.0. The summed E-state index contributed by atoms with van der Waals surface area (Å²) in [6.45, 7) is 2.00. The number of anilines is 1. The molecule has 92 valence electrons. The summed E-state index contributed by atoms with van der Waals surface area (Å²) in [5.41, 5.74) is 2.10. The molecule has 1 heterocycles. The number of aliphatic carboxylic acids is 1. The van der Waals surface area contributed by atoms with Gasteiger partial charge in [-0.15, -0.1) is 0 Å². The maximum atomic E-state index is 11.0. The average molecular weight is 234 g/mol. The Kier molecular flexibility index (Phi) is 3.61. The quantitative estimate of drug-likeness (QED) is 0.843. The van der Waals surface area contributed by atoms with Crippen LogP contribution in [-0.2, 0) is 4.79 Å². The Balaban J connectivity index is 1.97. The molecular weight excluding hydrogens is 216 g/mol. The lowest BCUT2D eigenvalue weighted by Gasteiger charge is -2.28. The van der Waals surface area contributed by atoms with Gasteiger partial charge in [-0.3, -0.25) is 9.78 Å². The van der Waals surface area contributed by atoms with E-state index >= 15 is 0 Å². The highest BCUT2D eigenvalue weighted by atomic mass is 16.4. The van der Waals surface area contributed by atoms with E-state index in [1.807, 2.05) is 19.2 Å². The van der Waals surface area contributed by atoms with Gasteiger partial charge in [0, 0.05) is 18.4 Å². The van der Waals surface area contributed by atoms with Crippen LogP contribution in [0.1, 0.15) is 31.2 Å². The summed E-state index contributed by atoms with van der Waals surface area (Å²) in [7, 11) is 0. The van der Waals surface area contributed by atoms with Crippen LogP contribution in [0.5, 0.6) is 0 Å². The lowest BCUT2D eigenvalue weighted by Crippen LogP contribution is -2.30. The van der Waals surface area contributed by atoms with Crippen molar-refractivity contribution < 1.29 is 9.90 Å². The van der Waals surface area contributed by atoms with Crippen molar-refractivity contribution in [1.29, 1.82) is 0 Å². The highest BCUT2D eigenvalue weighted by molar-refractivity contribution is 5.70. The maximum Gasteiger partial charge on any atom is 0.306 e. The maximum absolute atomic E-state index is 11.0.